The summed E-state index contributed by atoms with van der Waals surface area (Å²) in [5.74, 6) is 0.538. The Morgan fingerprint density at radius 3 is 2.65 bits per heavy atom. The molecule has 0 aliphatic heterocycles. The molecule has 0 unspecified atom stereocenters. The van der Waals surface area contributed by atoms with Crippen molar-refractivity contribution in [3.05, 3.63) is 54.0 Å². The Morgan fingerprint density at radius 2 is 2.00 bits per heavy atom. The Kier molecular flexibility index (Phi) is 4.52. The largest absolute Gasteiger partial charge is 0.393 e. The molecule has 1 aliphatic rings. The molecule has 3 rings (SSSR count). The number of aliphatic hydroxyl groups is 1. The van der Waals surface area contributed by atoms with Gasteiger partial charge in [-0.25, -0.2) is 4.98 Å². The maximum absolute atomic E-state index is 12.7. The number of anilines is 1. The molecule has 1 amide bonds. The minimum Gasteiger partial charge on any atom is -0.393 e. The highest BCUT2D eigenvalue weighted by Crippen LogP contribution is 2.37. The van der Waals surface area contributed by atoms with Gasteiger partial charge in [0.2, 0.25) is 0 Å². The van der Waals surface area contributed by atoms with Crippen molar-refractivity contribution in [3.63, 3.8) is 0 Å². The standard InChI is InChI=1S/C17H20N4O2/c1-18-16-13(5-4-8-20-16)17(23)21-15(11-9-12(22)10-11)14-6-2-3-7-19-14/h2-8,11-12,15,22H,9-10H2,1H3,(H,18,20)(H,21,23)/t11?,12?,15-/m1/s1. The Bertz CT molecular complexity index is 671. The normalized spacial score (nSPS) is 21.1. The molecule has 0 bridgehead atoms. The van der Waals surface area contributed by atoms with Gasteiger partial charge in [0, 0.05) is 19.4 Å². The number of nitrogens with one attached hydrogen (secondary N) is 2. The minimum atomic E-state index is -0.283. The molecule has 1 atom stereocenters. The first kappa shape index (κ1) is 15.4. The van der Waals surface area contributed by atoms with Gasteiger partial charge >= 0.3 is 0 Å². The summed E-state index contributed by atoms with van der Waals surface area (Å²) < 4.78 is 0. The molecule has 1 aliphatic carbocycles. The molecular weight excluding hydrogens is 292 g/mol. The number of aliphatic hydroxyl groups excluding tert-OH is 1. The zero-order chi connectivity index (χ0) is 16.2. The highest BCUT2D eigenvalue weighted by Gasteiger charge is 2.36. The first-order valence-corrected chi connectivity index (χ1v) is 7.71. The van der Waals surface area contributed by atoms with Crippen LogP contribution < -0.4 is 10.6 Å². The average molecular weight is 312 g/mol. The summed E-state index contributed by atoms with van der Waals surface area (Å²) in [4.78, 5) is 21.2. The Balaban J connectivity index is 1.82. The Morgan fingerprint density at radius 1 is 1.22 bits per heavy atom. The number of aromatic nitrogens is 2. The number of rotatable bonds is 5. The van der Waals surface area contributed by atoms with E-state index in [0.29, 0.717) is 24.2 Å². The molecule has 23 heavy (non-hydrogen) atoms. The highest BCUT2D eigenvalue weighted by atomic mass is 16.3. The van der Waals surface area contributed by atoms with Gasteiger partial charge in [-0.1, -0.05) is 6.07 Å². The van der Waals surface area contributed by atoms with Crippen molar-refractivity contribution in [2.75, 3.05) is 12.4 Å². The Hall–Kier alpha value is -2.47. The smallest absolute Gasteiger partial charge is 0.255 e. The van der Waals surface area contributed by atoms with Crippen molar-refractivity contribution >= 4 is 11.7 Å². The summed E-state index contributed by atoms with van der Waals surface area (Å²) >= 11 is 0. The molecule has 2 aromatic rings. The van der Waals surface area contributed by atoms with Crippen LogP contribution in [0.1, 0.15) is 34.9 Å². The monoisotopic (exact) mass is 312 g/mol. The second-order valence-corrected chi connectivity index (χ2v) is 5.74. The van der Waals surface area contributed by atoms with Crippen LogP contribution in [-0.4, -0.2) is 34.1 Å². The zero-order valence-corrected chi connectivity index (χ0v) is 12.9. The van der Waals surface area contributed by atoms with E-state index in [1.807, 2.05) is 18.2 Å². The third-order valence-corrected chi connectivity index (χ3v) is 4.20. The Labute approximate surface area is 135 Å². The molecule has 0 radical (unpaired) electrons. The topological polar surface area (TPSA) is 87.1 Å². The van der Waals surface area contributed by atoms with E-state index in [0.717, 1.165) is 5.69 Å². The van der Waals surface area contributed by atoms with Gasteiger partial charge in [-0.2, -0.15) is 0 Å². The summed E-state index contributed by atoms with van der Waals surface area (Å²) in [6.45, 7) is 0. The third kappa shape index (κ3) is 3.32. The average Bonchev–Trinajstić information content (AvgIpc) is 2.57. The lowest BCUT2D eigenvalue weighted by molar-refractivity contribution is 0.0228. The number of carbonyl (C=O) groups excluding carboxylic acids is 1. The van der Waals surface area contributed by atoms with Crippen LogP contribution in [-0.2, 0) is 0 Å². The van der Waals surface area contributed by atoms with Crippen LogP contribution in [0.2, 0.25) is 0 Å². The van der Waals surface area contributed by atoms with Crippen LogP contribution in [0, 0.1) is 5.92 Å². The molecule has 0 saturated heterocycles. The molecule has 0 spiro atoms. The van der Waals surface area contributed by atoms with E-state index in [1.165, 1.54) is 0 Å². The third-order valence-electron chi connectivity index (χ3n) is 4.20. The van der Waals surface area contributed by atoms with Crippen molar-refractivity contribution in [1.82, 2.24) is 15.3 Å². The predicted molar refractivity (Wildman–Crippen MR) is 87.0 cm³/mol. The van der Waals surface area contributed by atoms with Gasteiger partial charge < -0.3 is 15.7 Å². The van der Waals surface area contributed by atoms with Crippen LogP contribution >= 0.6 is 0 Å². The van der Waals surface area contributed by atoms with Crippen molar-refractivity contribution in [1.29, 1.82) is 0 Å². The van der Waals surface area contributed by atoms with Gasteiger partial charge in [0.15, 0.2) is 0 Å². The molecule has 120 valence electrons. The van der Waals surface area contributed by atoms with E-state index in [-0.39, 0.29) is 24.0 Å². The van der Waals surface area contributed by atoms with Crippen LogP contribution in [0.4, 0.5) is 5.82 Å². The number of hydrogen-bond acceptors (Lipinski definition) is 5. The summed E-state index contributed by atoms with van der Waals surface area (Å²) in [5.41, 5.74) is 1.31. The highest BCUT2D eigenvalue weighted by molar-refractivity contribution is 5.98. The van der Waals surface area contributed by atoms with Crippen molar-refractivity contribution < 1.29 is 9.90 Å². The summed E-state index contributed by atoms with van der Waals surface area (Å²) in [7, 11) is 1.73. The predicted octanol–water partition coefficient (Wildman–Crippen LogP) is 1.76. The van der Waals surface area contributed by atoms with Gasteiger partial charge in [0.1, 0.15) is 5.82 Å². The fourth-order valence-corrected chi connectivity index (χ4v) is 2.90. The molecule has 2 aromatic heterocycles. The van der Waals surface area contributed by atoms with Crippen molar-refractivity contribution in [3.8, 4) is 0 Å². The van der Waals surface area contributed by atoms with Gasteiger partial charge in [0.05, 0.1) is 23.4 Å². The molecule has 1 fully saturated rings. The van der Waals surface area contributed by atoms with E-state index in [2.05, 4.69) is 20.6 Å². The molecule has 1 saturated carbocycles. The quantitative estimate of drug-likeness (QED) is 0.783. The molecule has 6 heteroatoms. The molecule has 2 heterocycles. The number of amides is 1. The number of nitrogens with zero attached hydrogens (tertiary/aromatic N) is 2. The lowest BCUT2D eigenvalue weighted by Crippen LogP contribution is -2.42. The summed E-state index contributed by atoms with van der Waals surface area (Å²) in [5, 5.41) is 15.6. The van der Waals surface area contributed by atoms with E-state index in [1.54, 1.807) is 31.6 Å². The van der Waals surface area contributed by atoms with Crippen LogP contribution in [0.5, 0.6) is 0 Å². The second-order valence-electron chi connectivity index (χ2n) is 5.74. The first-order valence-electron chi connectivity index (χ1n) is 7.71. The fraction of sp³-hybridized carbons (Fsp3) is 0.353. The van der Waals surface area contributed by atoms with E-state index in [4.69, 9.17) is 0 Å². The maximum atomic E-state index is 12.7. The second kappa shape index (κ2) is 6.75. The number of carbonyl (C=O) groups is 1. The molecule has 3 N–H and O–H groups in total. The molecular formula is C17H20N4O2. The first-order chi connectivity index (χ1) is 11.2. The SMILES string of the molecule is CNc1ncccc1C(=O)N[C@@H](c1ccccn1)C1CC(O)C1. The lowest BCUT2D eigenvalue weighted by atomic mass is 9.76. The van der Waals surface area contributed by atoms with Gasteiger partial charge in [-0.05, 0) is 43.0 Å². The summed E-state index contributed by atoms with van der Waals surface area (Å²) in [6, 6.07) is 8.91. The van der Waals surface area contributed by atoms with Crippen molar-refractivity contribution in [2.24, 2.45) is 5.92 Å². The maximum Gasteiger partial charge on any atom is 0.255 e. The summed E-state index contributed by atoms with van der Waals surface area (Å²) in [6.07, 6.45) is 4.42. The zero-order valence-electron chi connectivity index (χ0n) is 12.9. The number of hydrogen-bond donors (Lipinski definition) is 3. The fourth-order valence-electron chi connectivity index (χ4n) is 2.90. The van der Waals surface area contributed by atoms with Crippen LogP contribution in [0.3, 0.4) is 0 Å². The van der Waals surface area contributed by atoms with Gasteiger partial charge in [-0.15, -0.1) is 0 Å². The van der Waals surface area contributed by atoms with Gasteiger partial charge in [0.25, 0.3) is 5.91 Å². The molecule has 6 nitrogen and oxygen atoms in total. The van der Waals surface area contributed by atoms with Gasteiger partial charge in [-0.3, -0.25) is 9.78 Å². The minimum absolute atomic E-state index is 0.193. The van der Waals surface area contributed by atoms with E-state index < -0.39 is 0 Å². The van der Waals surface area contributed by atoms with E-state index >= 15 is 0 Å². The van der Waals surface area contributed by atoms with E-state index in [9.17, 15) is 9.90 Å². The lowest BCUT2D eigenvalue weighted by Gasteiger charge is -2.37. The van der Waals surface area contributed by atoms with Crippen LogP contribution in [0.25, 0.3) is 0 Å². The number of pyridine rings is 2. The van der Waals surface area contributed by atoms with Crippen LogP contribution in [0.15, 0.2) is 42.7 Å². The van der Waals surface area contributed by atoms with Crippen molar-refractivity contribution in [2.45, 2.75) is 25.0 Å². The molecule has 0 aromatic carbocycles.